The molecule has 0 aliphatic carbocycles. The number of carbonyl (C=O) groups excluding carboxylic acids is 2. The minimum absolute atomic E-state index is 0.0471. The van der Waals surface area contributed by atoms with Crippen molar-refractivity contribution in [1.29, 1.82) is 0 Å². The van der Waals surface area contributed by atoms with Gasteiger partial charge in [-0.2, -0.15) is 0 Å². The van der Waals surface area contributed by atoms with Crippen molar-refractivity contribution in [2.75, 3.05) is 20.2 Å². The van der Waals surface area contributed by atoms with Gasteiger partial charge in [-0.1, -0.05) is 12.1 Å². The van der Waals surface area contributed by atoms with Gasteiger partial charge in [0.1, 0.15) is 0 Å². The molecule has 1 fully saturated rings. The van der Waals surface area contributed by atoms with Crippen molar-refractivity contribution in [2.45, 2.75) is 25.7 Å². The molecule has 1 N–H and O–H groups in total. The number of hydrogen-bond acceptors (Lipinski definition) is 4. The number of likely N-dealkylation sites (tertiary alicyclic amines) is 1. The summed E-state index contributed by atoms with van der Waals surface area (Å²) in [5.41, 5.74) is 1.46. The van der Waals surface area contributed by atoms with Crippen molar-refractivity contribution in [3.05, 3.63) is 35.4 Å². The summed E-state index contributed by atoms with van der Waals surface area (Å²) in [6, 6.07) is 7.00. The van der Waals surface area contributed by atoms with Crippen LogP contribution in [0.1, 0.15) is 35.2 Å². The molecule has 0 atom stereocenters. The molecule has 1 aliphatic heterocycles. The van der Waals surface area contributed by atoms with Crippen LogP contribution in [0, 0.1) is 5.92 Å². The van der Waals surface area contributed by atoms with E-state index in [2.05, 4.69) is 4.74 Å². The van der Waals surface area contributed by atoms with Gasteiger partial charge < -0.3 is 14.7 Å². The number of piperidine rings is 1. The summed E-state index contributed by atoms with van der Waals surface area (Å²) in [6.07, 6.45) is 2.03. The first kappa shape index (κ1) is 17.0. The average molecular weight is 319 g/mol. The SMILES string of the molecule is COC(=O)c1ccc(CCC(=O)N2CCC(C(=O)O)CC2)cc1. The topological polar surface area (TPSA) is 83.9 Å². The Balaban J connectivity index is 1.80. The fourth-order valence-corrected chi connectivity index (χ4v) is 2.71. The standard InChI is InChI=1S/C17H21NO5/c1-23-17(22)14-5-2-12(3-6-14)4-7-15(19)18-10-8-13(9-11-18)16(20)21/h2-3,5-6,13H,4,7-11H2,1H3,(H,20,21). The van der Waals surface area contributed by atoms with E-state index in [0.29, 0.717) is 44.3 Å². The Morgan fingerprint density at radius 1 is 1.17 bits per heavy atom. The van der Waals surface area contributed by atoms with Gasteiger partial charge in [-0.3, -0.25) is 9.59 Å². The minimum Gasteiger partial charge on any atom is -0.481 e. The van der Waals surface area contributed by atoms with Gasteiger partial charge in [0.15, 0.2) is 0 Å². The molecule has 1 saturated heterocycles. The number of aryl methyl sites for hydroxylation is 1. The van der Waals surface area contributed by atoms with Gasteiger partial charge >= 0.3 is 11.9 Å². The van der Waals surface area contributed by atoms with Gasteiger partial charge in [0.05, 0.1) is 18.6 Å². The maximum Gasteiger partial charge on any atom is 0.337 e. The van der Waals surface area contributed by atoms with Crippen LogP contribution in [0.4, 0.5) is 0 Å². The second-order valence-electron chi connectivity index (χ2n) is 5.68. The van der Waals surface area contributed by atoms with E-state index < -0.39 is 5.97 Å². The fourth-order valence-electron chi connectivity index (χ4n) is 2.71. The number of carboxylic acids is 1. The molecule has 1 aromatic rings. The average Bonchev–Trinajstić information content (AvgIpc) is 2.59. The van der Waals surface area contributed by atoms with Crippen molar-refractivity contribution >= 4 is 17.8 Å². The highest BCUT2D eigenvalue weighted by molar-refractivity contribution is 5.89. The summed E-state index contributed by atoms with van der Waals surface area (Å²) in [6.45, 7) is 1.02. The van der Waals surface area contributed by atoms with E-state index in [-0.39, 0.29) is 17.8 Å². The van der Waals surface area contributed by atoms with Gasteiger partial charge in [-0.15, -0.1) is 0 Å². The number of nitrogens with zero attached hydrogens (tertiary/aromatic N) is 1. The van der Waals surface area contributed by atoms with Crippen LogP contribution >= 0.6 is 0 Å². The first-order valence-electron chi connectivity index (χ1n) is 7.69. The lowest BCUT2D eigenvalue weighted by Crippen LogP contribution is -2.40. The smallest absolute Gasteiger partial charge is 0.337 e. The molecule has 6 heteroatoms. The van der Waals surface area contributed by atoms with Crippen LogP contribution in [0.15, 0.2) is 24.3 Å². The molecule has 0 saturated carbocycles. The number of methoxy groups -OCH3 is 1. The minimum atomic E-state index is -0.775. The van der Waals surface area contributed by atoms with Crippen LogP contribution in [0.25, 0.3) is 0 Å². The molecule has 23 heavy (non-hydrogen) atoms. The molecule has 0 aromatic heterocycles. The maximum atomic E-state index is 12.2. The summed E-state index contributed by atoms with van der Waals surface area (Å²) in [5.74, 6) is -1.44. The molecule has 1 heterocycles. The zero-order chi connectivity index (χ0) is 16.8. The normalized spacial score (nSPS) is 15.3. The quantitative estimate of drug-likeness (QED) is 0.836. The highest BCUT2D eigenvalue weighted by Gasteiger charge is 2.26. The Bertz CT molecular complexity index is 573. The molecular formula is C17H21NO5. The number of rotatable bonds is 5. The maximum absolute atomic E-state index is 12.2. The Morgan fingerprint density at radius 3 is 2.30 bits per heavy atom. The molecule has 1 amide bonds. The number of hydrogen-bond donors (Lipinski definition) is 1. The Labute approximate surface area is 135 Å². The van der Waals surface area contributed by atoms with Gasteiger partial charge in [0.25, 0.3) is 0 Å². The Hall–Kier alpha value is -2.37. The van der Waals surface area contributed by atoms with Crippen LogP contribution in [0.3, 0.4) is 0 Å². The van der Waals surface area contributed by atoms with Crippen molar-refractivity contribution in [1.82, 2.24) is 4.90 Å². The summed E-state index contributed by atoms with van der Waals surface area (Å²) < 4.78 is 4.64. The van der Waals surface area contributed by atoms with Gasteiger partial charge in [0.2, 0.25) is 5.91 Å². The zero-order valence-corrected chi connectivity index (χ0v) is 13.2. The third-order valence-corrected chi connectivity index (χ3v) is 4.20. The third-order valence-electron chi connectivity index (χ3n) is 4.20. The molecule has 0 unspecified atom stereocenters. The number of ether oxygens (including phenoxy) is 1. The van der Waals surface area contributed by atoms with Gasteiger partial charge in [-0.25, -0.2) is 4.79 Å². The number of carbonyl (C=O) groups is 3. The number of amides is 1. The Morgan fingerprint density at radius 2 is 1.78 bits per heavy atom. The monoisotopic (exact) mass is 319 g/mol. The summed E-state index contributed by atoms with van der Waals surface area (Å²) in [7, 11) is 1.34. The second-order valence-corrected chi connectivity index (χ2v) is 5.68. The fraction of sp³-hybridized carbons (Fsp3) is 0.471. The third kappa shape index (κ3) is 4.55. The van der Waals surface area contributed by atoms with Crippen LogP contribution in [0.5, 0.6) is 0 Å². The molecule has 0 spiro atoms. The lowest BCUT2D eigenvalue weighted by Gasteiger charge is -2.30. The van der Waals surface area contributed by atoms with E-state index in [9.17, 15) is 14.4 Å². The first-order chi connectivity index (χ1) is 11.0. The van der Waals surface area contributed by atoms with E-state index in [4.69, 9.17) is 5.11 Å². The predicted octanol–water partition coefficient (Wildman–Crippen LogP) is 1.73. The summed E-state index contributed by atoms with van der Waals surface area (Å²) in [5, 5.41) is 8.96. The van der Waals surface area contributed by atoms with Gasteiger partial charge in [0, 0.05) is 19.5 Å². The molecule has 0 radical (unpaired) electrons. The Kier molecular flexibility index (Phi) is 5.73. The molecule has 124 valence electrons. The largest absolute Gasteiger partial charge is 0.481 e. The zero-order valence-electron chi connectivity index (χ0n) is 13.2. The lowest BCUT2D eigenvalue weighted by atomic mass is 9.96. The lowest BCUT2D eigenvalue weighted by molar-refractivity contribution is -0.145. The highest BCUT2D eigenvalue weighted by Crippen LogP contribution is 2.18. The van der Waals surface area contributed by atoms with Crippen LogP contribution in [-0.4, -0.2) is 48.1 Å². The number of esters is 1. The number of benzene rings is 1. The summed E-state index contributed by atoms with van der Waals surface area (Å²) >= 11 is 0. The van der Waals surface area contributed by atoms with Crippen molar-refractivity contribution in [3.63, 3.8) is 0 Å². The number of aliphatic carboxylic acids is 1. The van der Waals surface area contributed by atoms with Crippen LogP contribution in [-0.2, 0) is 20.7 Å². The van der Waals surface area contributed by atoms with Crippen LogP contribution < -0.4 is 0 Å². The second kappa shape index (κ2) is 7.76. The molecule has 1 aromatic carbocycles. The number of carboxylic acid groups (broad SMARTS) is 1. The van der Waals surface area contributed by atoms with Crippen molar-refractivity contribution in [3.8, 4) is 0 Å². The van der Waals surface area contributed by atoms with Crippen LogP contribution in [0.2, 0.25) is 0 Å². The van der Waals surface area contributed by atoms with E-state index in [0.717, 1.165) is 5.56 Å². The van der Waals surface area contributed by atoms with Crippen molar-refractivity contribution < 1.29 is 24.2 Å². The molecule has 6 nitrogen and oxygen atoms in total. The molecule has 2 rings (SSSR count). The first-order valence-corrected chi connectivity index (χ1v) is 7.69. The van der Waals surface area contributed by atoms with E-state index in [1.807, 2.05) is 12.1 Å². The van der Waals surface area contributed by atoms with E-state index in [1.165, 1.54) is 7.11 Å². The predicted molar refractivity (Wildman–Crippen MR) is 83.0 cm³/mol. The van der Waals surface area contributed by atoms with Gasteiger partial charge in [-0.05, 0) is 37.0 Å². The van der Waals surface area contributed by atoms with Crippen molar-refractivity contribution in [2.24, 2.45) is 5.92 Å². The molecule has 1 aliphatic rings. The van der Waals surface area contributed by atoms with E-state index in [1.54, 1.807) is 17.0 Å². The highest BCUT2D eigenvalue weighted by atomic mass is 16.5. The molecule has 0 bridgehead atoms. The van der Waals surface area contributed by atoms with E-state index >= 15 is 0 Å². The molecular weight excluding hydrogens is 298 g/mol. The summed E-state index contributed by atoms with van der Waals surface area (Å²) in [4.78, 5) is 36.2.